The number of pyridine rings is 1. The number of aryl methyl sites for hydroxylation is 1. The fourth-order valence-electron chi connectivity index (χ4n) is 5.13. The number of primary amides is 1. The van der Waals surface area contributed by atoms with Gasteiger partial charge in [0.1, 0.15) is 0 Å². The van der Waals surface area contributed by atoms with Crippen LogP contribution < -0.4 is 16.0 Å². The fourth-order valence-corrected chi connectivity index (χ4v) is 5.13. The van der Waals surface area contributed by atoms with Crippen molar-refractivity contribution < 1.29 is 14.4 Å². The quantitative estimate of drug-likeness (QED) is 0.461. The number of hydrogen-bond donors (Lipinski definition) is 2. The molecule has 0 aliphatic carbocycles. The zero-order chi connectivity index (χ0) is 28.9. The molecule has 2 aromatic carbocycles. The molecule has 0 atom stereocenters. The summed E-state index contributed by atoms with van der Waals surface area (Å²) in [6, 6.07) is 17.7. The third-order valence-electron chi connectivity index (χ3n) is 7.42. The lowest BCUT2D eigenvalue weighted by Gasteiger charge is -2.38. The Labute approximate surface area is 234 Å². The highest BCUT2D eigenvalue weighted by Crippen LogP contribution is 2.31. The summed E-state index contributed by atoms with van der Waals surface area (Å²) in [6.45, 7) is 6.82. The Morgan fingerprint density at radius 2 is 1.80 bits per heavy atom. The Morgan fingerprint density at radius 1 is 1.10 bits per heavy atom. The number of urea groups is 1. The molecule has 0 radical (unpaired) electrons. The lowest BCUT2D eigenvalue weighted by molar-refractivity contribution is 0.0712. The molecule has 2 heterocycles. The number of nitrogens with zero attached hydrogens (tertiary/aromatic N) is 4. The van der Waals surface area contributed by atoms with Crippen LogP contribution in [-0.2, 0) is 0 Å². The Hall–Kier alpha value is -4.71. The summed E-state index contributed by atoms with van der Waals surface area (Å²) in [5.74, 6) is -0.0827. The highest BCUT2D eigenvalue weighted by Gasteiger charge is 2.33. The minimum atomic E-state index is -0.893. The number of amides is 4. The monoisotopic (exact) mass is 538 g/mol. The molecule has 0 unspecified atom stereocenters. The molecule has 9 nitrogen and oxygen atoms in total. The molecule has 1 saturated heterocycles. The number of carbonyl (C=O) groups excluding carboxylic acids is 3. The highest BCUT2D eigenvalue weighted by molar-refractivity contribution is 5.99. The largest absolute Gasteiger partial charge is 0.351 e. The van der Waals surface area contributed by atoms with E-state index in [1.807, 2.05) is 56.0 Å². The summed E-state index contributed by atoms with van der Waals surface area (Å²) in [6.07, 6.45) is 4.71. The third-order valence-corrected chi connectivity index (χ3v) is 7.42. The predicted octanol–water partition coefficient (Wildman–Crippen LogP) is 4.38. The smallest absolute Gasteiger partial charge is 0.319 e. The molecule has 1 aliphatic heterocycles. The molecule has 206 valence electrons. The van der Waals surface area contributed by atoms with E-state index in [2.05, 4.69) is 16.4 Å². The first kappa shape index (κ1) is 28.3. The Kier molecular flexibility index (Phi) is 8.49. The van der Waals surface area contributed by atoms with E-state index < -0.39 is 11.6 Å². The predicted molar refractivity (Wildman–Crippen MR) is 153 cm³/mol. The molecular formula is C31H34N6O3. The number of carbonyl (C=O) groups is 3. The number of nitriles is 1. The van der Waals surface area contributed by atoms with Crippen LogP contribution in [0.1, 0.15) is 70.0 Å². The van der Waals surface area contributed by atoms with Gasteiger partial charge in [-0.15, -0.1) is 0 Å². The fraction of sp³-hybridized carbons (Fsp3) is 0.323. The van der Waals surface area contributed by atoms with Crippen molar-refractivity contribution in [2.75, 3.05) is 24.5 Å². The van der Waals surface area contributed by atoms with Gasteiger partial charge in [0.15, 0.2) is 0 Å². The number of rotatable bonds is 7. The Balaban J connectivity index is 1.47. The number of piperidine rings is 1. The van der Waals surface area contributed by atoms with Gasteiger partial charge in [0, 0.05) is 43.3 Å². The van der Waals surface area contributed by atoms with E-state index in [0.29, 0.717) is 41.4 Å². The molecule has 1 aliphatic rings. The summed E-state index contributed by atoms with van der Waals surface area (Å²) < 4.78 is 0. The summed E-state index contributed by atoms with van der Waals surface area (Å²) in [7, 11) is 0. The van der Waals surface area contributed by atoms with Crippen LogP contribution in [0.3, 0.4) is 0 Å². The number of anilines is 1. The SMILES string of the molecule is Cc1ccc(C(=O)N2CCC(c3ccc(C#N)cc3)CC2)cc1N(C(N)=O)C(C)(C)CNC(=O)c1cccnc1. The zero-order valence-electron chi connectivity index (χ0n) is 23.1. The summed E-state index contributed by atoms with van der Waals surface area (Å²) >= 11 is 0. The maximum atomic E-state index is 13.5. The van der Waals surface area contributed by atoms with E-state index in [1.165, 1.54) is 16.7 Å². The number of likely N-dealkylation sites (tertiary alicyclic amines) is 1. The normalized spacial score (nSPS) is 13.8. The first-order chi connectivity index (χ1) is 19.1. The van der Waals surface area contributed by atoms with E-state index in [9.17, 15) is 14.4 Å². The summed E-state index contributed by atoms with van der Waals surface area (Å²) in [5.41, 5.74) is 8.95. The van der Waals surface area contributed by atoms with Gasteiger partial charge >= 0.3 is 6.03 Å². The third kappa shape index (κ3) is 6.29. The number of nitrogens with two attached hydrogens (primary N) is 1. The molecular weight excluding hydrogens is 504 g/mol. The Bertz CT molecular complexity index is 1420. The molecule has 3 aromatic rings. The number of aromatic nitrogens is 1. The van der Waals surface area contributed by atoms with Crippen LogP contribution in [0.5, 0.6) is 0 Å². The standard InChI is InChI=1S/C31H34N6O3/c1-21-6-9-25(29(39)36-15-12-24(13-16-36)23-10-7-22(18-32)8-11-23)17-27(21)37(30(33)40)31(2,3)20-35-28(38)26-5-4-14-34-19-26/h4-11,14,17,19,24H,12-13,15-16,20H2,1-3H3,(H2,33,40)(H,35,38). The minimum Gasteiger partial charge on any atom is -0.351 e. The molecule has 4 rings (SSSR count). The van der Waals surface area contributed by atoms with Gasteiger partial charge in [-0.3, -0.25) is 19.5 Å². The van der Waals surface area contributed by atoms with E-state index in [1.54, 1.807) is 30.5 Å². The van der Waals surface area contributed by atoms with Crippen LogP contribution in [0.2, 0.25) is 0 Å². The zero-order valence-corrected chi connectivity index (χ0v) is 23.1. The molecule has 1 fully saturated rings. The van der Waals surface area contributed by atoms with Crippen molar-refractivity contribution in [3.63, 3.8) is 0 Å². The first-order valence-corrected chi connectivity index (χ1v) is 13.3. The maximum Gasteiger partial charge on any atom is 0.319 e. The van der Waals surface area contributed by atoms with Gasteiger partial charge in [0.25, 0.3) is 11.8 Å². The van der Waals surface area contributed by atoms with Crippen molar-refractivity contribution in [3.8, 4) is 6.07 Å². The average Bonchev–Trinajstić information content (AvgIpc) is 2.97. The van der Waals surface area contributed by atoms with Crippen LogP contribution in [0, 0.1) is 18.3 Å². The number of benzene rings is 2. The van der Waals surface area contributed by atoms with E-state index in [-0.39, 0.29) is 18.4 Å². The van der Waals surface area contributed by atoms with Crippen molar-refractivity contribution in [1.82, 2.24) is 15.2 Å². The molecule has 0 saturated carbocycles. The number of nitrogens with one attached hydrogen (secondary N) is 1. The molecule has 9 heteroatoms. The van der Waals surface area contributed by atoms with Gasteiger partial charge in [-0.2, -0.15) is 5.26 Å². The van der Waals surface area contributed by atoms with Crippen LogP contribution in [0.15, 0.2) is 67.0 Å². The molecule has 4 amide bonds. The molecule has 0 spiro atoms. The highest BCUT2D eigenvalue weighted by atomic mass is 16.2. The van der Waals surface area contributed by atoms with Gasteiger partial charge in [0.05, 0.1) is 22.7 Å². The molecule has 40 heavy (non-hydrogen) atoms. The minimum absolute atomic E-state index is 0.105. The first-order valence-electron chi connectivity index (χ1n) is 13.3. The number of hydrogen-bond acceptors (Lipinski definition) is 5. The van der Waals surface area contributed by atoms with Gasteiger partial charge in [-0.25, -0.2) is 4.79 Å². The van der Waals surface area contributed by atoms with E-state index >= 15 is 0 Å². The van der Waals surface area contributed by atoms with Gasteiger partial charge in [0.2, 0.25) is 0 Å². The van der Waals surface area contributed by atoms with Crippen molar-refractivity contribution in [1.29, 1.82) is 5.26 Å². The maximum absolute atomic E-state index is 13.5. The molecule has 1 aromatic heterocycles. The summed E-state index contributed by atoms with van der Waals surface area (Å²) in [5, 5.41) is 11.9. The topological polar surface area (TPSA) is 132 Å². The van der Waals surface area contributed by atoms with E-state index in [4.69, 9.17) is 11.0 Å². The lowest BCUT2D eigenvalue weighted by Crippen LogP contribution is -2.56. The van der Waals surface area contributed by atoms with Gasteiger partial charge in [-0.05, 0) is 87.1 Å². The van der Waals surface area contributed by atoms with Crippen molar-refractivity contribution in [2.24, 2.45) is 5.73 Å². The van der Waals surface area contributed by atoms with Crippen LogP contribution in [0.25, 0.3) is 0 Å². The second-order valence-corrected chi connectivity index (χ2v) is 10.7. The van der Waals surface area contributed by atoms with Gasteiger partial charge < -0.3 is 16.0 Å². The van der Waals surface area contributed by atoms with Crippen molar-refractivity contribution >= 4 is 23.5 Å². The van der Waals surface area contributed by atoms with Crippen LogP contribution >= 0.6 is 0 Å². The average molecular weight is 539 g/mol. The molecule has 0 bridgehead atoms. The Morgan fingerprint density at radius 3 is 2.40 bits per heavy atom. The van der Waals surface area contributed by atoms with Crippen molar-refractivity contribution in [2.45, 2.75) is 45.1 Å². The lowest BCUT2D eigenvalue weighted by atomic mass is 9.89. The van der Waals surface area contributed by atoms with Gasteiger partial charge in [-0.1, -0.05) is 18.2 Å². The van der Waals surface area contributed by atoms with Crippen molar-refractivity contribution in [3.05, 3.63) is 94.8 Å². The molecule has 3 N–H and O–H groups in total. The second kappa shape index (κ2) is 12.0. The summed E-state index contributed by atoms with van der Waals surface area (Å²) in [4.78, 5) is 46.1. The second-order valence-electron chi connectivity index (χ2n) is 10.7. The van der Waals surface area contributed by atoms with E-state index in [0.717, 1.165) is 18.4 Å². The van der Waals surface area contributed by atoms with Crippen LogP contribution in [0.4, 0.5) is 10.5 Å². The van der Waals surface area contributed by atoms with Crippen LogP contribution in [-0.4, -0.2) is 52.9 Å².